The lowest BCUT2D eigenvalue weighted by atomic mass is 9.76. The van der Waals surface area contributed by atoms with Gasteiger partial charge in [-0.05, 0) is 49.8 Å². The topological polar surface area (TPSA) is 90.4 Å². The molecule has 1 atom stereocenters. The molecule has 1 N–H and O–H groups in total. The van der Waals surface area contributed by atoms with Crippen LogP contribution < -0.4 is 9.64 Å². The molecule has 0 bridgehead atoms. The van der Waals surface area contributed by atoms with Gasteiger partial charge < -0.3 is 14.7 Å². The van der Waals surface area contributed by atoms with Crippen molar-refractivity contribution in [1.82, 2.24) is 9.80 Å². The quantitative estimate of drug-likeness (QED) is 0.429. The third-order valence-electron chi connectivity index (χ3n) is 7.43. The second-order valence-corrected chi connectivity index (χ2v) is 10.3. The first-order valence-corrected chi connectivity index (χ1v) is 12.4. The van der Waals surface area contributed by atoms with E-state index < -0.39 is 48.9 Å². The number of halogens is 3. The van der Waals surface area contributed by atoms with E-state index in [1.54, 1.807) is 0 Å². The summed E-state index contributed by atoms with van der Waals surface area (Å²) in [6, 6.07) is 5.74. The van der Waals surface area contributed by atoms with E-state index in [1.807, 2.05) is 48.4 Å². The van der Waals surface area contributed by atoms with Crippen LogP contribution in [0.2, 0.25) is 0 Å². The van der Waals surface area contributed by atoms with Crippen LogP contribution in [0.5, 0.6) is 11.5 Å². The molecule has 0 amide bonds. The molecule has 208 valence electrons. The fourth-order valence-corrected chi connectivity index (χ4v) is 5.54. The number of aromatic hydroxyl groups is 1. The van der Waals surface area contributed by atoms with Gasteiger partial charge in [0, 0.05) is 43.5 Å². The summed E-state index contributed by atoms with van der Waals surface area (Å²) in [4.78, 5) is 37.5. The Morgan fingerprint density at radius 1 is 0.949 bits per heavy atom. The van der Waals surface area contributed by atoms with Crippen molar-refractivity contribution in [2.75, 3.05) is 44.7 Å². The average Bonchev–Trinajstić information content (AvgIpc) is 3.00. The molecule has 0 saturated heterocycles. The Labute approximate surface area is 224 Å². The van der Waals surface area contributed by atoms with Crippen molar-refractivity contribution >= 4 is 29.9 Å². The highest BCUT2D eigenvalue weighted by Crippen LogP contribution is 2.54. The van der Waals surface area contributed by atoms with Gasteiger partial charge in [-0.25, -0.2) is 0 Å². The van der Waals surface area contributed by atoms with E-state index in [4.69, 9.17) is 4.74 Å². The molecule has 2 heterocycles. The Balaban J connectivity index is 1.65. The highest BCUT2D eigenvalue weighted by Gasteiger charge is 2.57. The van der Waals surface area contributed by atoms with Gasteiger partial charge in [-0.1, -0.05) is 18.2 Å². The van der Waals surface area contributed by atoms with Gasteiger partial charge in [-0.3, -0.25) is 24.2 Å². The number of benzene rings is 2. The number of phenols is 1. The van der Waals surface area contributed by atoms with Crippen LogP contribution in [0.15, 0.2) is 42.5 Å². The van der Waals surface area contributed by atoms with Crippen LogP contribution in [0.25, 0.3) is 6.08 Å². The van der Waals surface area contributed by atoms with Crippen molar-refractivity contribution < 1.29 is 37.4 Å². The number of carbonyl (C=O) groups is 3. The number of anilines is 1. The molecular weight excluding hydrogens is 515 g/mol. The number of ether oxygens (including phenoxy) is 1. The molecule has 2 aromatic carbocycles. The summed E-state index contributed by atoms with van der Waals surface area (Å²) in [5.41, 5.74) is 1.66. The maximum absolute atomic E-state index is 13.5. The average molecular weight is 546 g/mol. The van der Waals surface area contributed by atoms with Crippen LogP contribution in [-0.4, -0.2) is 78.5 Å². The molecule has 4 rings (SSSR count). The molecule has 0 aliphatic carbocycles. The Hall–Kier alpha value is -3.70. The smallest absolute Gasteiger partial charge is 0.315 e. The van der Waals surface area contributed by atoms with Crippen molar-refractivity contribution in [3.05, 3.63) is 59.2 Å². The van der Waals surface area contributed by atoms with Gasteiger partial charge in [-0.15, -0.1) is 0 Å². The number of hydrogen-bond acceptors (Lipinski definition) is 8. The molecule has 1 unspecified atom stereocenters. The van der Waals surface area contributed by atoms with Gasteiger partial charge in [0.05, 0.1) is 25.0 Å². The Morgan fingerprint density at radius 3 is 2.15 bits per heavy atom. The summed E-state index contributed by atoms with van der Waals surface area (Å²) in [5, 5.41) is 10.4. The first-order valence-electron chi connectivity index (χ1n) is 12.4. The highest BCUT2D eigenvalue weighted by molar-refractivity contribution is 5.74. The SMILES string of the molecule is CN1c2ccccc2C(C)(C)C12C=Cc1cc(O)cc(CN(CCN(CC(=O)F)CC(=O)F)CC(=O)F)c1O2. The molecule has 8 nitrogen and oxygen atoms in total. The van der Waals surface area contributed by atoms with E-state index in [1.165, 1.54) is 17.0 Å². The van der Waals surface area contributed by atoms with Crippen molar-refractivity contribution in [3.8, 4) is 11.5 Å². The van der Waals surface area contributed by atoms with Gasteiger partial charge in [0.1, 0.15) is 11.5 Å². The molecule has 2 aliphatic rings. The molecule has 0 saturated carbocycles. The van der Waals surface area contributed by atoms with Gasteiger partial charge in [-0.2, -0.15) is 13.2 Å². The normalized spacial score (nSPS) is 18.8. The lowest BCUT2D eigenvalue weighted by molar-refractivity contribution is -0.135. The maximum Gasteiger partial charge on any atom is 0.315 e. The van der Waals surface area contributed by atoms with Crippen LogP contribution in [0.1, 0.15) is 30.5 Å². The zero-order valence-corrected chi connectivity index (χ0v) is 21.9. The minimum atomic E-state index is -1.76. The number of phenolic OH excluding ortho intramolecular Hbond substituents is 1. The van der Waals surface area contributed by atoms with E-state index in [9.17, 15) is 32.7 Å². The van der Waals surface area contributed by atoms with E-state index in [-0.39, 0.29) is 25.4 Å². The largest absolute Gasteiger partial charge is 0.508 e. The number of hydrogen-bond donors (Lipinski definition) is 1. The van der Waals surface area contributed by atoms with Crippen molar-refractivity contribution in [3.63, 3.8) is 0 Å². The van der Waals surface area contributed by atoms with Crippen molar-refractivity contribution in [2.24, 2.45) is 0 Å². The predicted octanol–water partition coefficient (Wildman–Crippen LogP) is 3.51. The molecule has 2 aliphatic heterocycles. The molecule has 2 aromatic rings. The van der Waals surface area contributed by atoms with Gasteiger partial charge in [0.15, 0.2) is 0 Å². The summed E-state index contributed by atoms with van der Waals surface area (Å²) in [5.74, 6) is 0.351. The van der Waals surface area contributed by atoms with E-state index >= 15 is 0 Å². The number of likely N-dealkylation sites (N-methyl/N-ethyl adjacent to an activating group) is 1. The van der Waals surface area contributed by atoms with Gasteiger partial charge in [0.25, 0.3) is 0 Å². The summed E-state index contributed by atoms with van der Waals surface area (Å²) < 4.78 is 46.2. The number of rotatable bonds is 11. The third-order valence-corrected chi connectivity index (χ3v) is 7.43. The van der Waals surface area contributed by atoms with Crippen LogP contribution in [0, 0.1) is 0 Å². The molecule has 0 aromatic heterocycles. The Bertz CT molecular complexity index is 1320. The first kappa shape index (κ1) is 28.3. The van der Waals surface area contributed by atoms with E-state index in [2.05, 4.69) is 13.8 Å². The van der Waals surface area contributed by atoms with E-state index in [0.717, 1.165) is 16.2 Å². The predicted molar refractivity (Wildman–Crippen MR) is 138 cm³/mol. The highest BCUT2D eigenvalue weighted by atomic mass is 19.1. The molecular formula is C28H30F3N3O5. The molecule has 39 heavy (non-hydrogen) atoms. The number of fused-ring (bicyclic) bond motifs is 2. The van der Waals surface area contributed by atoms with Gasteiger partial charge in [0.2, 0.25) is 5.72 Å². The Kier molecular flexibility index (Phi) is 7.85. The van der Waals surface area contributed by atoms with Crippen LogP contribution in [0.4, 0.5) is 18.9 Å². The molecule has 0 fully saturated rings. The van der Waals surface area contributed by atoms with E-state index in [0.29, 0.717) is 16.9 Å². The van der Waals surface area contributed by atoms with Crippen LogP contribution >= 0.6 is 0 Å². The minimum absolute atomic E-state index is 0.0746. The summed E-state index contributed by atoms with van der Waals surface area (Å²) in [6.07, 6.45) is 3.78. The molecule has 11 heteroatoms. The number of para-hydroxylation sites is 1. The van der Waals surface area contributed by atoms with Gasteiger partial charge >= 0.3 is 18.1 Å². The summed E-state index contributed by atoms with van der Waals surface area (Å²) in [7, 11) is 1.92. The zero-order chi connectivity index (χ0) is 28.5. The Morgan fingerprint density at radius 2 is 1.54 bits per heavy atom. The molecule has 1 spiro atoms. The monoisotopic (exact) mass is 545 g/mol. The molecule has 0 radical (unpaired) electrons. The first-order chi connectivity index (χ1) is 18.3. The standard InChI is InChI=1S/C28H30F3N3O5/c1-27(2)21-6-4-5-7-22(21)32(3)28(27)9-8-18-12-20(35)13-19(26(18)39-28)14-33(15-23(29)36)10-11-34(16-24(30)37)17-25(31)38/h4-9,12-13,35H,10-11,14-17H2,1-3H3. The summed E-state index contributed by atoms with van der Waals surface area (Å²) >= 11 is 0. The minimum Gasteiger partial charge on any atom is -0.508 e. The second-order valence-electron chi connectivity index (χ2n) is 10.3. The number of nitrogens with zero attached hydrogens (tertiary/aromatic N) is 3. The third kappa shape index (κ3) is 5.55. The second kappa shape index (κ2) is 10.8. The maximum atomic E-state index is 13.5. The fraction of sp³-hybridized carbons (Fsp3) is 0.393. The zero-order valence-electron chi connectivity index (χ0n) is 21.9. The lowest BCUT2D eigenvalue weighted by Crippen LogP contribution is -2.58. The number of carbonyl (C=O) groups excluding carboxylic acids is 3. The van der Waals surface area contributed by atoms with Crippen LogP contribution in [0.3, 0.4) is 0 Å². The summed E-state index contributed by atoms with van der Waals surface area (Å²) in [6.45, 7) is 1.42. The van der Waals surface area contributed by atoms with Crippen LogP contribution in [-0.2, 0) is 26.3 Å². The fourth-order valence-electron chi connectivity index (χ4n) is 5.54. The lowest BCUT2D eigenvalue weighted by Gasteiger charge is -2.46. The van der Waals surface area contributed by atoms with Crippen molar-refractivity contribution in [1.29, 1.82) is 0 Å². The van der Waals surface area contributed by atoms with Crippen molar-refractivity contribution in [2.45, 2.75) is 31.5 Å².